The lowest BCUT2D eigenvalue weighted by atomic mass is 10.0. The lowest BCUT2D eigenvalue weighted by molar-refractivity contribution is 0.303. The zero-order valence-corrected chi connectivity index (χ0v) is 17.2. The van der Waals surface area contributed by atoms with Gasteiger partial charge in [0.2, 0.25) is 0 Å². The van der Waals surface area contributed by atoms with E-state index in [4.69, 9.17) is 4.98 Å². The van der Waals surface area contributed by atoms with Crippen LogP contribution in [0, 0.1) is 5.82 Å². The number of hydrogen-bond donors (Lipinski definition) is 1. The van der Waals surface area contributed by atoms with Gasteiger partial charge in [-0.15, -0.1) is 0 Å². The maximum absolute atomic E-state index is 13.6. The van der Waals surface area contributed by atoms with Crippen molar-refractivity contribution < 1.29 is 4.39 Å². The van der Waals surface area contributed by atoms with Crippen LogP contribution in [0.4, 0.5) is 4.39 Å². The Morgan fingerprint density at radius 2 is 1.70 bits per heavy atom. The van der Waals surface area contributed by atoms with Gasteiger partial charge in [-0.3, -0.25) is 0 Å². The summed E-state index contributed by atoms with van der Waals surface area (Å²) in [5.74, 6) is -0.247. The highest BCUT2D eigenvalue weighted by Crippen LogP contribution is 2.37. The molecular formula is C23H25FN6. The normalized spacial score (nSPS) is 16.9. The van der Waals surface area contributed by atoms with Crippen molar-refractivity contribution in [3.05, 3.63) is 60.9 Å². The molecule has 154 valence electrons. The Labute approximate surface area is 175 Å². The minimum Gasteiger partial charge on any atom is -0.346 e. The Balaban J connectivity index is 1.72. The molecule has 0 unspecified atom stereocenters. The first-order valence-electron chi connectivity index (χ1n) is 10.2. The Morgan fingerprint density at radius 1 is 0.967 bits per heavy atom. The molecule has 30 heavy (non-hydrogen) atoms. The van der Waals surface area contributed by atoms with E-state index in [1.165, 1.54) is 12.1 Å². The van der Waals surface area contributed by atoms with Gasteiger partial charge in [0.1, 0.15) is 11.5 Å². The van der Waals surface area contributed by atoms with Gasteiger partial charge in [-0.05, 0) is 50.5 Å². The third-order valence-electron chi connectivity index (χ3n) is 5.93. The van der Waals surface area contributed by atoms with E-state index in [0.717, 1.165) is 59.7 Å². The van der Waals surface area contributed by atoms with Crippen molar-refractivity contribution in [3.63, 3.8) is 0 Å². The lowest BCUT2D eigenvalue weighted by Gasteiger charge is -2.25. The van der Waals surface area contributed by atoms with Crippen LogP contribution in [0.3, 0.4) is 0 Å². The Morgan fingerprint density at radius 3 is 2.43 bits per heavy atom. The molecule has 0 amide bonds. The fourth-order valence-electron chi connectivity index (χ4n) is 4.37. The highest BCUT2D eigenvalue weighted by atomic mass is 19.1. The van der Waals surface area contributed by atoms with Crippen LogP contribution in [0.2, 0.25) is 0 Å². The van der Waals surface area contributed by atoms with Gasteiger partial charge in [0.15, 0.2) is 0 Å². The number of likely N-dealkylation sites (N-methyl/N-ethyl adjacent to an activating group) is 2. The summed E-state index contributed by atoms with van der Waals surface area (Å²) in [7, 11) is 4.33. The standard InChI is InChI=1S/C23H25FN6/c1-28-11-12-29(2)14-18(13-28)30-15-27-21(16-3-5-17(24)6-4-16)22(30)19-7-9-25-23-20(19)8-10-26-23/h3-10,15,18H,11-14H2,1-2H3,(H,25,26). The van der Waals surface area contributed by atoms with Crippen LogP contribution in [0.5, 0.6) is 0 Å². The molecule has 4 heterocycles. The first-order chi connectivity index (χ1) is 14.6. The van der Waals surface area contributed by atoms with Crippen molar-refractivity contribution in [3.8, 4) is 22.5 Å². The predicted molar refractivity (Wildman–Crippen MR) is 117 cm³/mol. The van der Waals surface area contributed by atoms with Crippen LogP contribution in [0.25, 0.3) is 33.5 Å². The number of imidazole rings is 1. The summed E-state index contributed by atoms with van der Waals surface area (Å²) in [6.45, 7) is 3.97. The number of hydrogen-bond acceptors (Lipinski definition) is 4. The van der Waals surface area contributed by atoms with Gasteiger partial charge in [-0.2, -0.15) is 0 Å². The smallest absolute Gasteiger partial charge is 0.137 e. The van der Waals surface area contributed by atoms with Gasteiger partial charge in [0, 0.05) is 55.1 Å². The number of nitrogens with one attached hydrogen (secondary N) is 1. The number of pyridine rings is 1. The second-order valence-corrected chi connectivity index (χ2v) is 8.13. The van der Waals surface area contributed by atoms with Gasteiger partial charge >= 0.3 is 0 Å². The molecule has 1 N–H and O–H groups in total. The van der Waals surface area contributed by atoms with Crippen LogP contribution in [0.1, 0.15) is 6.04 Å². The summed E-state index contributed by atoms with van der Waals surface area (Å²) in [5.41, 5.74) is 4.73. The number of H-pyrrole nitrogens is 1. The molecule has 3 aromatic heterocycles. The molecule has 1 aliphatic rings. The molecule has 0 atom stereocenters. The number of aromatic nitrogens is 4. The van der Waals surface area contributed by atoms with Gasteiger partial charge in [0.05, 0.1) is 23.8 Å². The second kappa shape index (κ2) is 7.66. The second-order valence-electron chi connectivity index (χ2n) is 8.13. The fourth-order valence-corrected chi connectivity index (χ4v) is 4.37. The molecule has 0 bridgehead atoms. The summed E-state index contributed by atoms with van der Waals surface area (Å²) in [5, 5.41) is 1.05. The Bertz CT molecular complexity index is 1150. The summed E-state index contributed by atoms with van der Waals surface area (Å²) >= 11 is 0. The maximum Gasteiger partial charge on any atom is 0.137 e. The van der Waals surface area contributed by atoms with Crippen LogP contribution in [-0.2, 0) is 0 Å². The van der Waals surface area contributed by atoms with Crippen LogP contribution in [0.15, 0.2) is 55.1 Å². The monoisotopic (exact) mass is 404 g/mol. The third kappa shape index (κ3) is 3.40. The van der Waals surface area contributed by atoms with Gasteiger partial charge < -0.3 is 19.4 Å². The molecule has 0 radical (unpaired) electrons. The van der Waals surface area contributed by atoms with E-state index in [1.807, 2.05) is 24.8 Å². The molecule has 4 aromatic rings. The number of nitrogens with zero attached hydrogens (tertiary/aromatic N) is 5. The minimum absolute atomic E-state index is 0.247. The van der Waals surface area contributed by atoms with Crippen molar-refractivity contribution in [2.45, 2.75) is 6.04 Å². The number of aromatic amines is 1. The lowest BCUT2D eigenvalue weighted by Crippen LogP contribution is -2.29. The highest BCUT2D eigenvalue weighted by Gasteiger charge is 2.26. The predicted octanol–water partition coefficient (Wildman–Crippen LogP) is 3.65. The molecule has 1 aromatic carbocycles. The molecule has 0 aliphatic carbocycles. The Hall–Kier alpha value is -3.03. The number of fused-ring (bicyclic) bond motifs is 1. The van der Waals surface area contributed by atoms with Crippen molar-refractivity contribution in [1.82, 2.24) is 29.3 Å². The first kappa shape index (κ1) is 19.0. The number of halogens is 1. The maximum atomic E-state index is 13.6. The molecule has 1 aliphatic heterocycles. The summed E-state index contributed by atoms with van der Waals surface area (Å²) in [4.78, 5) is 17.2. The van der Waals surface area contributed by atoms with E-state index in [9.17, 15) is 4.39 Å². The number of benzene rings is 1. The van der Waals surface area contributed by atoms with Gasteiger partial charge in [0.25, 0.3) is 0 Å². The Kier molecular flexibility index (Phi) is 4.84. The van der Waals surface area contributed by atoms with Crippen molar-refractivity contribution in [2.24, 2.45) is 0 Å². The summed E-state index contributed by atoms with van der Waals surface area (Å²) in [6, 6.07) is 10.9. The van der Waals surface area contributed by atoms with E-state index in [1.54, 1.807) is 12.1 Å². The van der Waals surface area contributed by atoms with Gasteiger partial charge in [-0.25, -0.2) is 14.4 Å². The largest absolute Gasteiger partial charge is 0.346 e. The van der Waals surface area contributed by atoms with Crippen molar-refractivity contribution in [1.29, 1.82) is 0 Å². The van der Waals surface area contributed by atoms with Crippen molar-refractivity contribution >= 4 is 11.0 Å². The average molecular weight is 404 g/mol. The molecule has 0 spiro atoms. The summed E-state index contributed by atoms with van der Waals surface area (Å²) < 4.78 is 15.9. The SMILES string of the molecule is CN1CCN(C)CC(n2cnc(-c3ccc(F)cc3)c2-c2ccnc3[nH]ccc23)C1. The van der Waals surface area contributed by atoms with Crippen LogP contribution in [-0.4, -0.2) is 69.6 Å². The third-order valence-corrected chi connectivity index (χ3v) is 5.93. The fraction of sp³-hybridized carbons (Fsp3) is 0.304. The molecular weight excluding hydrogens is 379 g/mol. The van der Waals surface area contributed by atoms with E-state index in [-0.39, 0.29) is 11.9 Å². The van der Waals surface area contributed by atoms with E-state index >= 15 is 0 Å². The van der Waals surface area contributed by atoms with Gasteiger partial charge in [-0.1, -0.05) is 0 Å². The van der Waals surface area contributed by atoms with E-state index in [2.05, 4.69) is 44.5 Å². The molecule has 7 heteroatoms. The zero-order valence-electron chi connectivity index (χ0n) is 17.2. The topological polar surface area (TPSA) is 53.0 Å². The molecule has 0 saturated carbocycles. The zero-order chi connectivity index (χ0) is 20.7. The molecule has 1 fully saturated rings. The highest BCUT2D eigenvalue weighted by molar-refractivity contribution is 5.95. The van der Waals surface area contributed by atoms with Crippen molar-refractivity contribution in [2.75, 3.05) is 40.3 Å². The summed E-state index contributed by atoms with van der Waals surface area (Å²) in [6.07, 6.45) is 5.67. The van der Waals surface area contributed by atoms with E-state index < -0.39 is 0 Å². The molecule has 5 rings (SSSR count). The molecule has 6 nitrogen and oxygen atoms in total. The van der Waals surface area contributed by atoms with Crippen LogP contribution >= 0.6 is 0 Å². The average Bonchev–Trinajstić information content (AvgIpc) is 3.36. The minimum atomic E-state index is -0.247. The molecule has 1 saturated heterocycles. The first-order valence-corrected chi connectivity index (χ1v) is 10.2. The van der Waals surface area contributed by atoms with E-state index in [0.29, 0.717) is 0 Å². The number of rotatable bonds is 3. The quantitative estimate of drug-likeness (QED) is 0.566. The van der Waals surface area contributed by atoms with Crippen LogP contribution < -0.4 is 0 Å².